The van der Waals surface area contributed by atoms with Crippen molar-refractivity contribution in [1.29, 1.82) is 0 Å². The van der Waals surface area contributed by atoms with Gasteiger partial charge in [0.25, 0.3) is 0 Å². The second-order valence-electron chi connectivity index (χ2n) is 4.12. The molecule has 0 saturated heterocycles. The maximum absolute atomic E-state index is 12.1. The second kappa shape index (κ2) is 6.17. The van der Waals surface area contributed by atoms with Crippen LogP contribution in [-0.2, 0) is 4.79 Å². The van der Waals surface area contributed by atoms with E-state index in [-0.39, 0.29) is 11.8 Å². The lowest BCUT2D eigenvalue weighted by Crippen LogP contribution is -2.18. The summed E-state index contributed by atoms with van der Waals surface area (Å²) in [6.07, 6.45) is 1.53. The van der Waals surface area contributed by atoms with Gasteiger partial charge in [-0.15, -0.1) is 0 Å². The molecule has 1 aromatic heterocycles. The van der Waals surface area contributed by atoms with Gasteiger partial charge in [-0.2, -0.15) is 0 Å². The molecule has 0 radical (unpaired) electrons. The van der Waals surface area contributed by atoms with Crippen LogP contribution in [0.5, 0.6) is 0 Å². The maximum Gasteiger partial charge on any atom is 0.231 e. The fourth-order valence-corrected chi connectivity index (χ4v) is 2.09. The third kappa shape index (κ3) is 3.55. The average Bonchev–Trinajstić information content (AvgIpc) is 2.43. The Kier molecular flexibility index (Phi) is 4.56. The molecule has 0 saturated carbocycles. The SMILES string of the molecule is CC(C(=O)Nc1cnc(Cl)c(Br)c1)c1ccccc1. The Labute approximate surface area is 125 Å². The van der Waals surface area contributed by atoms with Gasteiger partial charge in [-0.3, -0.25) is 4.79 Å². The molecule has 0 bridgehead atoms. The van der Waals surface area contributed by atoms with Gasteiger partial charge in [-0.25, -0.2) is 4.98 Å². The van der Waals surface area contributed by atoms with E-state index in [1.54, 1.807) is 6.07 Å². The fraction of sp³-hybridized carbons (Fsp3) is 0.143. The van der Waals surface area contributed by atoms with Crippen molar-refractivity contribution in [3.63, 3.8) is 0 Å². The van der Waals surface area contributed by atoms with E-state index in [2.05, 4.69) is 26.2 Å². The van der Waals surface area contributed by atoms with Gasteiger partial charge in [-0.05, 0) is 34.5 Å². The van der Waals surface area contributed by atoms with Crippen molar-refractivity contribution in [1.82, 2.24) is 4.98 Å². The summed E-state index contributed by atoms with van der Waals surface area (Å²) in [5, 5.41) is 3.19. The van der Waals surface area contributed by atoms with Gasteiger partial charge in [0.2, 0.25) is 5.91 Å². The molecule has 1 atom stereocenters. The number of nitrogens with one attached hydrogen (secondary N) is 1. The van der Waals surface area contributed by atoms with Crippen molar-refractivity contribution < 1.29 is 4.79 Å². The van der Waals surface area contributed by atoms with Crippen molar-refractivity contribution >= 4 is 39.1 Å². The lowest BCUT2D eigenvalue weighted by atomic mass is 10.0. The average molecular weight is 340 g/mol. The summed E-state index contributed by atoms with van der Waals surface area (Å²) in [5.74, 6) is -0.308. The van der Waals surface area contributed by atoms with E-state index in [1.807, 2.05) is 37.3 Å². The zero-order valence-electron chi connectivity index (χ0n) is 10.2. The number of halogens is 2. The molecule has 98 valence electrons. The summed E-state index contributed by atoms with van der Waals surface area (Å²) in [5.41, 5.74) is 1.59. The molecule has 0 aliphatic heterocycles. The number of hydrogen-bond donors (Lipinski definition) is 1. The van der Waals surface area contributed by atoms with Crippen LogP contribution in [0, 0.1) is 0 Å². The number of pyridine rings is 1. The minimum Gasteiger partial charge on any atom is -0.324 e. The summed E-state index contributed by atoms with van der Waals surface area (Å²) >= 11 is 9.08. The molecule has 3 nitrogen and oxygen atoms in total. The Morgan fingerprint density at radius 1 is 1.37 bits per heavy atom. The van der Waals surface area contributed by atoms with Crippen LogP contribution in [0.25, 0.3) is 0 Å². The van der Waals surface area contributed by atoms with E-state index in [9.17, 15) is 4.79 Å². The number of benzene rings is 1. The molecule has 0 fully saturated rings. The van der Waals surface area contributed by atoms with Gasteiger partial charge < -0.3 is 5.32 Å². The zero-order valence-corrected chi connectivity index (χ0v) is 12.6. The van der Waals surface area contributed by atoms with Crippen molar-refractivity contribution in [2.75, 3.05) is 5.32 Å². The molecule has 1 heterocycles. The van der Waals surface area contributed by atoms with Crippen molar-refractivity contribution in [2.24, 2.45) is 0 Å². The molecule has 2 aromatic rings. The monoisotopic (exact) mass is 338 g/mol. The highest BCUT2D eigenvalue weighted by molar-refractivity contribution is 9.10. The minimum absolute atomic E-state index is 0.0813. The number of nitrogens with zero attached hydrogens (tertiary/aromatic N) is 1. The summed E-state index contributed by atoms with van der Waals surface area (Å²) in [6.45, 7) is 1.86. The van der Waals surface area contributed by atoms with Gasteiger partial charge in [-0.1, -0.05) is 41.9 Å². The van der Waals surface area contributed by atoms with Crippen molar-refractivity contribution in [2.45, 2.75) is 12.8 Å². The number of carbonyl (C=O) groups is 1. The third-order valence-electron chi connectivity index (χ3n) is 2.76. The molecule has 5 heteroatoms. The zero-order chi connectivity index (χ0) is 13.8. The Hall–Kier alpha value is -1.39. The number of carbonyl (C=O) groups excluding carboxylic acids is 1. The van der Waals surface area contributed by atoms with E-state index in [0.29, 0.717) is 15.3 Å². The van der Waals surface area contributed by atoms with Crippen LogP contribution in [0.2, 0.25) is 5.15 Å². The quantitative estimate of drug-likeness (QED) is 0.850. The van der Waals surface area contributed by atoms with Crippen LogP contribution in [0.3, 0.4) is 0 Å². The smallest absolute Gasteiger partial charge is 0.231 e. The van der Waals surface area contributed by atoms with Crippen LogP contribution in [0.1, 0.15) is 18.4 Å². The lowest BCUT2D eigenvalue weighted by molar-refractivity contribution is -0.117. The second-order valence-corrected chi connectivity index (χ2v) is 5.33. The number of aromatic nitrogens is 1. The summed E-state index contributed by atoms with van der Waals surface area (Å²) in [4.78, 5) is 16.1. The van der Waals surface area contributed by atoms with Crippen molar-refractivity contribution in [3.8, 4) is 0 Å². The third-order valence-corrected chi connectivity index (χ3v) is 3.89. The molecule has 1 amide bonds. The first-order valence-electron chi connectivity index (χ1n) is 5.75. The van der Waals surface area contributed by atoms with Crippen LogP contribution in [0.15, 0.2) is 47.1 Å². The minimum atomic E-state index is -0.226. The number of hydrogen-bond acceptors (Lipinski definition) is 2. The first-order valence-corrected chi connectivity index (χ1v) is 6.92. The van der Waals surface area contributed by atoms with Gasteiger partial charge in [0.15, 0.2) is 0 Å². The van der Waals surface area contributed by atoms with Gasteiger partial charge >= 0.3 is 0 Å². The lowest BCUT2D eigenvalue weighted by Gasteiger charge is -2.12. The topological polar surface area (TPSA) is 42.0 Å². The van der Waals surface area contributed by atoms with Crippen LogP contribution >= 0.6 is 27.5 Å². The van der Waals surface area contributed by atoms with Crippen molar-refractivity contribution in [3.05, 3.63) is 57.8 Å². The molecular formula is C14H12BrClN2O. The highest BCUT2D eigenvalue weighted by Gasteiger charge is 2.15. The van der Waals surface area contributed by atoms with E-state index in [1.165, 1.54) is 6.20 Å². The van der Waals surface area contributed by atoms with E-state index in [4.69, 9.17) is 11.6 Å². The fourth-order valence-electron chi connectivity index (χ4n) is 1.63. The highest BCUT2D eigenvalue weighted by atomic mass is 79.9. The molecule has 2 rings (SSSR count). The predicted octanol–water partition coefficient (Wildman–Crippen LogP) is 4.24. The van der Waals surface area contributed by atoms with Gasteiger partial charge in [0.05, 0.1) is 22.3 Å². The Morgan fingerprint density at radius 2 is 2.05 bits per heavy atom. The van der Waals surface area contributed by atoms with Gasteiger partial charge in [0.1, 0.15) is 5.15 Å². The molecule has 1 N–H and O–H groups in total. The molecule has 0 aliphatic rings. The molecule has 1 aromatic carbocycles. The molecule has 1 unspecified atom stereocenters. The first kappa shape index (κ1) is 14.0. The Morgan fingerprint density at radius 3 is 2.68 bits per heavy atom. The van der Waals surface area contributed by atoms with Gasteiger partial charge in [0, 0.05) is 0 Å². The molecular weight excluding hydrogens is 328 g/mol. The summed E-state index contributed by atoms with van der Waals surface area (Å²) in [6, 6.07) is 11.3. The van der Waals surface area contributed by atoms with Crippen LogP contribution in [0.4, 0.5) is 5.69 Å². The normalized spacial score (nSPS) is 11.9. The number of amides is 1. The summed E-state index contributed by atoms with van der Waals surface area (Å²) < 4.78 is 0.652. The van der Waals surface area contributed by atoms with Crippen LogP contribution < -0.4 is 5.32 Å². The van der Waals surface area contributed by atoms with E-state index >= 15 is 0 Å². The first-order chi connectivity index (χ1) is 9.08. The molecule has 19 heavy (non-hydrogen) atoms. The Balaban J connectivity index is 2.10. The standard InChI is InChI=1S/C14H12BrClN2O/c1-9(10-5-3-2-4-6-10)14(19)18-11-7-12(15)13(16)17-8-11/h2-9H,1H3,(H,18,19). The van der Waals surface area contributed by atoms with Crippen LogP contribution in [-0.4, -0.2) is 10.9 Å². The van der Waals surface area contributed by atoms with E-state index in [0.717, 1.165) is 5.56 Å². The largest absolute Gasteiger partial charge is 0.324 e. The number of rotatable bonds is 3. The number of anilines is 1. The molecule has 0 spiro atoms. The maximum atomic E-state index is 12.1. The molecule has 0 aliphatic carbocycles. The Bertz CT molecular complexity index is 589. The van der Waals surface area contributed by atoms with E-state index < -0.39 is 0 Å². The highest BCUT2D eigenvalue weighted by Crippen LogP contribution is 2.24. The predicted molar refractivity (Wildman–Crippen MR) is 80.4 cm³/mol. The summed E-state index contributed by atoms with van der Waals surface area (Å²) in [7, 11) is 0.